The molecule has 2 aromatic carbocycles. The molecule has 0 amide bonds. The van der Waals surface area contributed by atoms with E-state index in [4.69, 9.17) is 4.74 Å². The molecule has 0 atom stereocenters. The van der Waals surface area contributed by atoms with Gasteiger partial charge in [0.25, 0.3) is 0 Å². The predicted octanol–water partition coefficient (Wildman–Crippen LogP) is 1.98. The van der Waals surface area contributed by atoms with Gasteiger partial charge in [0.15, 0.2) is 5.82 Å². The monoisotopic (exact) mass is 414 g/mol. The van der Waals surface area contributed by atoms with Gasteiger partial charge in [0.05, 0.1) is 22.9 Å². The van der Waals surface area contributed by atoms with Gasteiger partial charge in [-0.25, -0.2) is 14.5 Å². The van der Waals surface area contributed by atoms with Crippen molar-refractivity contribution in [3.8, 4) is 17.4 Å². The molecule has 154 valence electrons. The Morgan fingerprint density at radius 2 is 1.84 bits per heavy atom. The molecular weight excluding hydrogens is 396 g/mol. The minimum atomic E-state index is -0.328. The molecule has 5 rings (SSSR count). The number of rotatable bonds is 5. The second-order valence-corrected chi connectivity index (χ2v) is 6.97. The van der Waals surface area contributed by atoms with Gasteiger partial charge in [0.2, 0.25) is 5.88 Å². The van der Waals surface area contributed by atoms with Crippen molar-refractivity contribution in [1.29, 1.82) is 0 Å². The number of para-hydroxylation sites is 2. The molecule has 5 aromatic rings. The smallest absolute Gasteiger partial charge is 0.368 e. The van der Waals surface area contributed by atoms with E-state index >= 15 is 0 Å². The molecule has 0 N–H and O–H groups in total. The van der Waals surface area contributed by atoms with Crippen molar-refractivity contribution in [2.75, 3.05) is 0 Å². The van der Waals surface area contributed by atoms with E-state index in [9.17, 15) is 4.79 Å². The summed E-state index contributed by atoms with van der Waals surface area (Å²) in [5.41, 5.74) is 3.70. The SMILES string of the molecule is Cc1cccc(-n2nnn(C)c2=O)c1COc1ccn(-c2cnc3ccccc3n2)n1. The van der Waals surface area contributed by atoms with E-state index in [1.165, 1.54) is 9.36 Å². The van der Waals surface area contributed by atoms with Crippen LogP contribution in [0.1, 0.15) is 11.1 Å². The standard InChI is InChI=1S/C21H18N8O2/c1-14-6-5-9-18(29-21(30)27(2)25-26-29)15(14)13-31-20-10-11-28(24-20)19-12-22-16-7-3-4-8-17(16)23-19/h3-12H,13H2,1-2H3. The summed E-state index contributed by atoms with van der Waals surface area (Å²) in [6, 6.07) is 15.0. The lowest BCUT2D eigenvalue weighted by Gasteiger charge is -2.11. The number of tetrazole rings is 1. The lowest BCUT2D eigenvalue weighted by Crippen LogP contribution is -2.23. The Kier molecular flexibility index (Phi) is 4.51. The number of hydrogen-bond donors (Lipinski definition) is 0. The maximum absolute atomic E-state index is 12.3. The summed E-state index contributed by atoms with van der Waals surface area (Å²) in [7, 11) is 1.56. The Hall–Kier alpha value is -4.34. The molecular formula is C21H18N8O2. The summed E-state index contributed by atoms with van der Waals surface area (Å²) in [6.45, 7) is 2.16. The zero-order valence-electron chi connectivity index (χ0n) is 16.9. The van der Waals surface area contributed by atoms with E-state index in [0.717, 1.165) is 22.2 Å². The number of fused-ring (bicyclic) bond motifs is 1. The van der Waals surface area contributed by atoms with Gasteiger partial charge in [0.1, 0.15) is 6.61 Å². The van der Waals surface area contributed by atoms with E-state index in [0.29, 0.717) is 17.4 Å². The third kappa shape index (κ3) is 3.44. The summed E-state index contributed by atoms with van der Waals surface area (Å²) in [6.07, 6.45) is 3.43. The van der Waals surface area contributed by atoms with Crippen LogP contribution in [0.2, 0.25) is 0 Å². The van der Waals surface area contributed by atoms with Crippen LogP contribution in [0.25, 0.3) is 22.5 Å². The van der Waals surface area contributed by atoms with Gasteiger partial charge in [-0.3, -0.25) is 4.98 Å². The minimum Gasteiger partial charge on any atom is -0.472 e. The summed E-state index contributed by atoms with van der Waals surface area (Å²) in [5, 5.41) is 12.2. The highest BCUT2D eigenvalue weighted by Gasteiger charge is 2.14. The third-order valence-corrected chi connectivity index (χ3v) is 4.93. The summed E-state index contributed by atoms with van der Waals surface area (Å²) >= 11 is 0. The topological polar surface area (TPSA) is 106 Å². The van der Waals surface area contributed by atoms with E-state index in [1.807, 2.05) is 49.4 Å². The quantitative estimate of drug-likeness (QED) is 0.433. The van der Waals surface area contributed by atoms with Crippen LogP contribution in [0.15, 0.2) is 65.7 Å². The molecule has 31 heavy (non-hydrogen) atoms. The molecule has 0 aliphatic heterocycles. The van der Waals surface area contributed by atoms with Crippen LogP contribution in [0.3, 0.4) is 0 Å². The molecule has 0 radical (unpaired) electrons. The Bertz CT molecular complexity index is 1450. The highest BCUT2D eigenvalue weighted by molar-refractivity contribution is 5.74. The first-order valence-corrected chi connectivity index (χ1v) is 9.58. The van der Waals surface area contributed by atoms with Crippen LogP contribution < -0.4 is 10.4 Å². The first kappa shape index (κ1) is 18.7. The number of aryl methyl sites for hydroxylation is 2. The van der Waals surface area contributed by atoms with E-state index in [-0.39, 0.29) is 12.3 Å². The van der Waals surface area contributed by atoms with Crippen molar-refractivity contribution in [1.82, 2.24) is 39.5 Å². The molecule has 10 heteroatoms. The van der Waals surface area contributed by atoms with Crippen molar-refractivity contribution in [3.63, 3.8) is 0 Å². The van der Waals surface area contributed by atoms with E-state index < -0.39 is 0 Å². The number of benzene rings is 2. The number of aromatic nitrogens is 8. The average Bonchev–Trinajstić information content (AvgIpc) is 3.39. The molecule has 3 aromatic heterocycles. The zero-order valence-corrected chi connectivity index (χ0v) is 16.9. The Balaban J connectivity index is 1.41. The lowest BCUT2D eigenvalue weighted by molar-refractivity contribution is 0.290. The third-order valence-electron chi connectivity index (χ3n) is 4.93. The van der Waals surface area contributed by atoms with Gasteiger partial charge >= 0.3 is 5.69 Å². The van der Waals surface area contributed by atoms with Crippen LogP contribution >= 0.6 is 0 Å². The molecule has 10 nitrogen and oxygen atoms in total. The molecule has 0 spiro atoms. The highest BCUT2D eigenvalue weighted by Crippen LogP contribution is 2.20. The molecule has 0 aliphatic carbocycles. The maximum Gasteiger partial charge on any atom is 0.368 e. The second-order valence-electron chi connectivity index (χ2n) is 6.97. The first-order valence-electron chi connectivity index (χ1n) is 9.58. The highest BCUT2D eigenvalue weighted by atomic mass is 16.5. The molecule has 0 saturated heterocycles. The van der Waals surface area contributed by atoms with Crippen molar-refractivity contribution < 1.29 is 4.74 Å². The summed E-state index contributed by atoms with van der Waals surface area (Å²) in [5.74, 6) is 1.02. The fourth-order valence-electron chi connectivity index (χ4n) is 3.25. The number of ether oxygens (including phenoxy) is 1. The van der Waals surface area contributed by atoms with Gasteiger partial charge in [-0.2, -0.15) is 9.36 Å². The maximum atomic E-state index is 12.3. The molecule has 0 aliphatic rings. The van der Waals surface area contributed by atoms with Crippen LogP contribution in [-0.4, -0.2) is 39.5 Å². The van der Waals surface area contributed by atoms with Crippen LogP contribution in [0.5, 0.6) is 5.88 Å². The zero-order chi connectivity index (χ0) is 21.4. The van der Waals surface area contributed by atoms with Crippen LogP contribution in [0.4, 0.5) is 0 Å². The Morgan fingerprint density at radius 1 is 1.00 bits per heavy atom. The van der Waals surface area contributed by atoms with Crippen LogP contribution in [-0.2, 0) is 13.7 Å². The first-order chi connectivity index (χ1) is 15.1. The molecule has 3 heterocycles. The number of nitrogens with zero attached hydrogens (tertiary/aromatic N) is 8. The Morgan fingerprint density at radius 3 is 2.65 bits per heavy atom. The Labute approximate surface area is 176 Å². The molecule has 0 bridgehead atoms. The molecule has 0 fully saturated rings. The normalized spacial score (nSPS) is 11.2. The lowest BCUT2D eigenvalue weighted by atomic mass is 10.1. The van der Waals surface area contributed by atoms with Crippen molar-refractivity contribution >= 4 is 11.0 Å². The predicted molar refractivity (Wildman–Crippen MR) is 112 cm³/mol. The molecule has 0 saturated carbocycles. The van der Waals surface area contributed by atoms with Gasteiger partial charge in [0, 0.05) is 24.9 Å². The van der Waals surface area contributed by atoms with Gasteiger partial charge in [-0.05, 0) is 41.1 Å². The van der Waals surface area contributed by atoms with E-state index in [2.05, 4.69) is 25.5 Å². The fraction of sp³-hybridized carbons (Fsp3) is 0.143. The van der Waals surface area contributed by atoms with Gasteiger partial charge in [-0.1, -0.05) is 24.3 Å². The average molecular weight is 414 g/mol. The fourth-order valence-corrected chi connectivity index (χ4v) is 3.25. The van der Waals surface area contributed by atoms with Crippen molar-refractivity contribution in [2.45, 2.75) is 13.5 Å². The van der Waals surface area contributed by atoms with Gasteiger partial charge < -0.3 is 4.74 Å². The van der Waals surface area contributed by atoms with E-state index in [1.54, 1.807) is 30.2 Å². The number of hydrogen-bond acceptors (Lipinski definition) is 7. The van der Waals surface area contributed by atoms with Crippen molar-refractivity contribution in [2.24, 2.45) is 7.05 Å². The van der Waals surface area contributed by atoms with Crippen LogP contribution in [0, 0.1) is 6.92 Å². The largest absolute Gasteiger partial charge is 0.472 e. The summed E-state index contributed by atoms with van der Waals surface area (Å²) < 4.78 is 9.97. The molecule has 0 unspecified atom stereocenters. The second kappa shape index (κ2) is 7.48. The summed E-state index contributed by atoms with van der Waals surface area (Å²) in [4.78, 5) is 21.3. The van der Waals surface area contributed by atoms with Gasteiger partial charge in [-0.15, -0.1) is 5.10 Å². The van der Waals surface area contributed by atoms with Crippen molar-refractivity contribution in [3.05, 3.63) is 82.5 Å². The minimum absolute atomic E-state index is 0.214.